The average Bonchev–Trinajstić information content (AvgIpc) is 2.53. The molecule has 0 amide bonds. The molecular formula is C9H18N2OS. The van der Waals surface area contributed by atoms with Crippen molar-refractivity contribution in [2.24, 2.45) is 4.99 Å². The van der Waals surface area contributed by atoms with E-state index in [0.29, 0.717) is 6.04 Å². The van der Waals surface area contributed by atoms with Gasteiger partial charge in [0.25, 0.3) is 0 Å². The highest BCUT2D eigenvalue weighted by Crippen LogP contribution is 2.03. The molecule has 0 spiro atoms. The normalized spacial score (nSPS) is 20.9. The lowest BCUT2D eigenvalue weighted by Crippen LogP contribution is -2.32. The fourth-order valence-corrected chi connectivity index (χ4v) is 2.04. The van der Waals surface area contributed by atoms with Crippen molar-refractivity contribution >= 4 is 16.6 Å². The molecule has 0 fully saturated rings. The van der Waals surface area contributed by atoms with E-state index in [1.54, 1.807) is 6.26 Å². The molecule has 0 saturated heterocycles. The summed E-state index contributed by atoms with van der Waals surface area (Å²) in [6.45, 7) is 3.09. The van der Waals surface area contributed by atoms with E-state index in [2.05, 4.69) is 17.2 Å². The van der Waals surface area contributed by atoms with Crippen LogP contribution in [-0.2, 0) is 10.8 Å². The van der Waals surface area contributed by atoms with Crippen LogP contribution in [0.4, 0.5) is 0 Å². The van der Waals surface area contributed by atoms with Crippen LogP contribution in [0, 0.1) is 0 Å². The van der Waals surface area contributed by atoms with Crippen LogP contribution in [0.25, 0.3) is 0 Å². The molecule has 0 aliphatic carbocycles. The second-order valence-corrected chi connectivity index (χ2v) is 5.10. The van der Waals surface area contributed by atoms with Gasteiger partial charge in [-0.3, -0.25) is 9.20 Å². The fraction of sp³-hybridized carbons (Fsp3) is 0.889. The Morgan fingerprint density at radius 1 is 1.69 bits per heavy atom. The highest BCUT2D eigenvalue weighted by molar-refractivity contribution is 7.84. The lowest BCUT2D eigenvalue weighted by molar-refractivity contribution is 0.631. The summed E-state index contributed by atoms with van der Waals surface area (Å²) in [4.78, 5) is 4.33. The summed E-state index contributed by atoms with van der Waals surface area (Å²) in [5.74, 6) is 1.91. The second kappa shape index (κ2) is 5.37. The van der Waals surface area contributed by atoms with Crippen molar-refractivity contribution < 1.29 is 4.21 Å². The fourth-order valence-electron chi connectivity index (χ4n) is 1.36. The smallest absolute Gasteiger partial charge is 0.0965 e. The molecule has 1 heterocycles. The molecule has 1 rings (SSSR count). The van der Waals surface area contributed by atoms with Gasteiger partial charge in [-0.25, -0.2) is 0 Å². The number of nitrogens with zero attached hydrogens (tertiary/aromatic N) is 1. The number of rotatable bonds is 4. The molecule has 2 unspecified atom stereocenters. The number of nitrogens with one attached hydrogen (secondary N) is 1. The van der Waals surface area contributed by atoms with Gasteiger partial charge < -0.3 is 5.32 Å². The summed E-state index contributed by atoms with van der Waals surface area (Å²) >= 11 is 0. The van der Waals surface area contributed by atoms with E-state index < -0.39 is 10.8 Å². The Morgan fingerprint density at radius 2 is 2.46 bits per heavy atom. The van der Waals surface area contributed by atoms with Crippen LogP contribution in [0.2, 0.25) is 0 Å². The highest BCUT2D eigenvalue weighted by atomic mass is 32.2. The minimum absolute atomic E-state index is 0.403. The number of hydrogen-bond donors (Lipinski definition) is 1. The molecule has 0 saturated carbocycles. The van der Waals surface area contributed by atoms with Crippen molar-refractivity contribution in [3.8, 4) is 0 Å². The van der Waals surface area contributed by atoms with E-state index in [1.165, 1.54) is 6.42 Å². The van der Waals surface area contributed by atoms with Crippen LogP contribution in [0.5, 0.6) is 0 Å². The third-order valence-corrected chi connectivity index (χ3v) is 2.94. The molecule has 0 aromatic heterocycles. The van der Waals surface area contributed by atoms with Gasteiger partial charge in [-0.1, -0.05) is 0 Å². The van der Waals surface area contributed by atoms with E-state index in [-0.39, 0.29) is 0 Å². The van der Waals surface area contributed by atoms with Crippen LogP contribution < -0.4 is 5.32 Å². The maximum atomic E-state index is 10.8. The average molecular weight is 202 g/mol. The van der Waals surface area contributed by atoms with Crippen molar-refractivity contribution in [3.63, 3.8) is 0 Å². The maximum absolute atomic E-state index is 10.8. The van der Waals surface area contributed by atoms with Crippen LogP contribution in [-0.4, -0.2) is 34.6 Å². The largest absolute Gasteiger partial charge is 0.371 e. The van der Waals surface area contributed by atoms with E-state index in [1.807, 2.05) is 0 Å². The molecule has 4 heteroatoms. The monoisotopic (exact) mass is 202 g/mol. The molecule has 1 N–H and O–H groups in total. The van der Waals surface area contributed by atoms with Gasteiger partial charge >= 0.3 is 0 Å². The summed E-state index contributed by atoms with van der Waals surface area (Å²) in [7, 11) is -0.669. The molecular weight excluding hydrogens is 184 g/mol. The quantitative estimate of drug-likeness (QED) is 0.736. The van der Waals surface area contributed by atoms with Gasteiger partial charge in [0.05, 0.1) is 5.84 Å². The Morgan fingerprint density at radius 3 is 3.00 bits per heavy atom. The topological polar surface area (TPSA) is 41.5 Å². The Kier molecular flexibility index (Phi) is 4.42. The first-order valence-electron chi connectivity index (χ1n) is 4.78. The van der Waals surface area contributed by atoms with Crippen molar-refractivity contribution in [2.75, 3.05) is 18.6 Å². The van der Waals surface area contributed by atoms with Crippen molar-refractivity contribution in [2.45, 2.75) is 32.2 Å². The summed E-state index contributed by atoms with van der Waals surface area (Å²) in [6, 6.07) is 0.403. The Balaban J connectivity index is 2.16. The van der Waals surface area contributed by atoms with Gasteiger partial charge in [0.1, 0.15) is 0 Å². The zero-order valence-electron chi connectivity index (χ0n) is 8.38. The van der Waals surface area contributed by atoms with Crippen molar-refractivity contribution in [1.29, 1.82) is 0 Å². The Bertz CT molecular complexity index is 216. The molecule has 0 aromatic carbocycles. The van der Waals surface area contributed by atoms with Crippen LogP contribution in [0.1, 0.15) is 26.2 Å². The SMILES string of the molecule is CC(CCS(C)=O)NC1=NCCC1. The standard InChI is InChI=1S/C9H18N2OS/c1-8(5-7-13(2)12)11-9-4-3-6-10-9/h8H,3-7H2,1-2H3,(H,10,11). The van der Waals surface area contributed by atoms with Gasteiger partial charge in [-0.2, -0.15) is 0 Å². The number of amidine groups is 1. The van der Waals surface area contributed by atoms with Crippen molar-refractivity contribution in [1.82, 2.24) is 5.32 Å². The number of aliphatic imine (C=N–C) groups is 1. The first kappa shape index (κ1) is 10.7. The molecule has 2 atom stereocenters. The Labute approximate surface area is 82.5 Å². The summed E-state index contributed by atoms with van der Waals surface area (Å²) in [5, 5.41) is 3.35. The predicted octanol–water partition coefficient (Wildman–Crippen LogP) is 0.925. The van der Waals surface area contributed by atoms with E-state index in [9.17, 15) is 4.21 Å². The molecule has 0 aromatic rings. The van der Waals surface area contributed by atoms with E-state index >= 15 is 0 Å². The lowest BCUT2D eigenvalue weighted by Gasteiger charge is -2.13. The molecule has 0 radical (unpaired) electrons. The molecule has 76 valence electrons. The van der Waals surface area contributed by atoms with Crippen LogP contribution >= 0.6 is 0 Å². The molecule has 1 aliphatic rings. The molecule has 13 heavy (non-hydrogen) atoms. The summed E-state index contributed by atoms with van der Waals surface area (Å²) in [5.41, 5.74) is 0. The zero-order valence-corrected chi connectivity index (χ0v) is 9.19. The van der Waals surface area contributed by atoms with E-state index in [4.69, 9.17) is 0 Å². The van der Waals surface area contributed by atoms with Gasteiger partial charge in [-0.15, -0.1) is 0 Å². The van der Waals surface area contributed by atoms with E-state index in [0.717, 1.165) is 31.0 Å². The molecule has 1 aliphatic heterocycles. The van der Waals surface area contributed by atoms with Gasteiger partial charge in [0.2, 0.25) is 0 Å². The third kappa shape index (κ3) is 4.41. The number of hydrogen-bond acceptors (Lipinski definition) is 3. The van der Waals surface area contributed by atoms with Crippen LogP contribution in [0.3, 0.4) is 0 Å². The highest BCUT2D eigenvalue weighted by Gasteiger charge is 2.09. The lowest BCUT2D eigenvalue weighted by atomic mass is 10.2. The van der Waals surface area contributed by atoms with Crippen molar-refractivity contribution in [3.05, 3.63) is 0 Å². The molecule has 3 nitrogen and oxygen atoms in total. The van der Waals surface area contributed by atoms with Gasteiger partial charge in [-0.05, 0) is 19.8 Å². The summed E-state index contributed by atoms with van der Waals surface area (Å²) < 4.78 is 10.8. The van der Waals surface area contributed by atoms with Gasteiger partial charge in [0, 0.05) is 41.8 Å². The first-order valence-corrected chi connectivity index (χ1v) is 6.51. The minimum atomic E-state index is -0.669. The first-order chi connectivity index (χ1) is 6.18. The maximum Gasteiger partial charge on any atom is 0.0965 e. The molecule has 0 bridgehead atoms. The zero-order chi connectivity index (χ0) is 9.68. The Hall–Kier alpha value is -0.380. The minimum Gasteiger partial charge on any atom is -0.371 e. The summed E-state index contributed by atoms with van der Waals surface area (Å²) in [6.07, 6.45) is 4.97. The van der Waals surface area contributed by atoms with Crippen LogP contribution in [0.15, 0.2) is 4.99 Å². The predicted molar refractivity (Wildman–Crippen MR) is 57.7 cm³/mol. The second-order valence-electron chi connectivity index (χ2n) is 3.54. The third-order valence-electron chi connectivity index (χ3n) is 2.13. The van der Waals surface area contributed by atoms with Gasteiger partial charge in [0.15, 0.2) is 0 Å².